The van der Waals surface area contributed by atoms with Crippen molar-refractivity contribution in [3.63, 3.8) is 0 Å². The first kappa shape index (κ1) is 23.4. The largest absolute Gasteiger partial charge is 0.462 e. The average molecular weight is 433 g/mol. The zero-order valence-corrected chi connectivity index (χ0v) is 18.7. The molecule has 0 radical (unpaired) electrons. The molecular formula is C22H28N2O5S. The van der Waals surface area contributed by atoms with E-state index in [9.17, 15) is 18.0 Å². The molecule has 0 heterocycles. The zero-order chi connectivity index (χ0) is 22.5. The van der Waals surface area contributed by atoms with Crippen molar-refractivity contribution in [3.05, 3.63) is 59.2 Å². The molecule has 0 spiro atoms. The molecule has 2 rings (SSSR count). The van der Waals surface area contributed by atoms with Gasteiger partial charge in [0.25, 0.3) is 0 Å². The van der Waals surface area contributed by atoms with Crippen LogP contribution in [0, 0.1) is 13.8 Å². The number of carbonyl (C=O) groups is 2. The van der Waals surface area contributed by atoms with Gasteiger partial charge in [0.2, 0.25) is 15.9 Å². The third-order valence-electron chi connectivity index (χ3n) is 4.60. The van der Waals surface area contributed by atoms with Crippen molar-refractivity contribution >= 4 is 33.3 Å². The van der Waals surface area contributed by atoms with Crippen molar-refractivity contribution < 1.29 is 22.7 Å². The monoisotopic (exact) mass is 432 g/mol. The maximum absolute atomic E-state index is 13.0. The molecule has 0 saturated carbocycles. The first-order valence-corrected chi connectivity index (χ1v) is 11.6. The van der Waals surface area contributed by atoms with Crippen LogP contribution in [0.2, 0.25) is 0 Å². The Morgan fingerprint density at radius 2 is 1.70 bits per heavy atom. The highest BCUT2D eigenvalue weighted by Gasteiger charge is 2.32. The van der Waals surface area contributed by atoms with Gasteiger partial charge in [0, 0.05) is 5.69 Å². The van der Waals surface area contributed by atoms with Crippen LogP contribution in [0.1, 0.15) is 41.8 Å². The molecule has 1 atom stereocenters. The number of hydrogen-bond acceptors (Lipinski definition) is 5. The Labute approximate surface area is 178 Å². The summed E-state index contributed by atoms with van der Waals surface area (Å²) in [5.74, 6) is -0.896. The topological polar surface area (TPSA) is 92.8 Å². The molecule has 8 heteroatoms. The van der Waals surface area contributed by atoms with Gasteiger partial charge >= 0.3 is 5.97 Å². The SMILES string of the molecule is CCOC(=O)c1ccc(NC(=O)[C@H](CC)N(c2cc(C)ccc2C)S(C)(=O)=O)cc1. The fourth-order valence-corrected chi connectivity index (χ4v) is 4.38. The van der Waals surface area contributed by atoms with E-state index in [0.717, 1.165) is 17.4 Å². The van der Waals surface area contributed by atoms with Gasteiger partial charge in [-0.15, -0.1) is 0 Å². The normalized spacial score (nSPS) is 12.2. The minimum absolute atomic E-state index is 0.273. The van der Waals surface area contributed by atoms with Gasteiger partial charge in [-0.25, -0.2) is 13.2 Å². The molecule has 162 valence electrons. The van der Waals surface area contributed by atoms with Crippen LogP contribution in [0.3, 0.4) is 0 Å². The van der Waals surface area contributed by atoms with Gasteiger partial charge in [-0.3, -0.25) is 9.10 Å². The molecule has 0 saturated heterocycles. The number of sulfonamides is 1. The molecule has 0 bridgehead atoms. The first-order chi connectivity index (χ1) is 14.1. The molecule has 0 aliphatic rings. The number of rotatable bonds is 8. The maximum Gasteiger partial charge on any atom is 0.338 e. The number of benzene rings is 2. The van der Waals surface area contributed by atoms with E-state index in [4.69, 9.17) is 4.74 Å². The summed E-state index contributed by atoms with van der Waals surface area (Å²) in [5.41, 5.74) is 2.97. The number of amides is 1. The van der Waals surface area contributed by atoms with E-state index in [2.05, 4.69) is 5.32 Å². The van der Waals surface area contributed by atoms with Crippen LogP contribution in [0.4, 0.5) is 11.4 Å². The summed E-state index contributed by atoms with van der Waals surface area (Å²) in [6, 6.07) is 10.8. The van der Waals surface area contributed by atoms with Gasteiger partial charge < -0.3 is 10.1 Å². The fourth-order valence-electron chi connectivity index (χ4n) is 3.12. The lowest BCUT2D eigenvalue weighted by molar-refractivity contribution is -0.117. The van der Waals surface area contributed by atoms with Crippen molar-refractivity contribution in [2.24, 2.45) is 0 Å². The molecule has 0 aliphatic carbocycles. The third kappa shape index (κ3) is 5.60. The molecular weight excluding hydrogens is 404 g/mol. The van der Waals surface area contributed by atoms with E-state index in [1.807, 2.05) is 26.0 Å². The number of anilines is 2. The predicted octanol–water partition coefficient (Wildman–Crippen LogP) is 3.66. The molecule has 7 nitrogen and oxygen atoms in total. The fraction of sp³-hybridized carbons (Fsp3) is 0.364. The molecule has 2 aromatic rings. The molecule has 0 aliphatic heterocycles. The summed E-state index contributed by atoms with van der Waals surface area (Å²) in [7, 11) is -3.72. The molecule has 1 N–H and O–H groups in total. The molecule has 0 unspecified atom stereocenters. The Morgan fingerprint density at radius 1 is 1.07 bits per heavy atom. The summed E-state index contributed by atoms with van der Waals surface area (Å²) in [4.78, 5) is 24.8. The zero-order valence-electron chi connectivity index (χ0n) is 17.9. The number of nitrogens with zero attached hydrogens (tertiary/aromatic N) is 1. The summed E-state index contributed by atoms with van der Waals surface area (Å²) in [5, 5.41) is 2.75. The van der Waals surface area contributed by atoms with Crippen molar-refractivity contribution in [3.8, 4) is 0 Å². The maximum atomic E-state index is 13.0. The van der Waals surface area contributed by atoms with E-state index >= 15 is 0 Å². The second-order valence-electron chi connectivity index (χ2n) is 7.06. The van der Waals surface area contributed by atoms with Crippen LogP contribution in [0.5, 0.6) is 0 Å². The van der Waals surface area contributed by atoms with Crippen molar-refractivity contribution in [1.29, 1.82) is 0 Å². The minimum atomic E-state index is -3.72. The molecule has 0 fully saturated rings. The van der Waals surface area contributed by atoms with Crippen LogP contribution in [-0.4, -0.2) is 39.2 Å². The molecule has 0 aromatic heterocycles. The number of esters is 1. The Morgan fingerprint density at radius 3 is 2.23 bits per heavy atom. The molecule has 2 aromatic carbocycles. The van der Waals surface area contributed by atoms with Crippen molar-refractivity contribution in [2.75, 3.05) is 22.5 Å². The number of aryl methyl sites for hydroxylation is 2. The van der Waals surface area contributed by atoms with Gasteiger partial charge in [-0.05, 0) is 68.7 Å². The Hall–Kier alpha value is -2.87. The van der Waals surface area contributed by atoms with Crippen LogP contribution >= 0.6 is 0 Å². The predicted molar refractivity (Wildman–Crippen MR) is 118 cm³/mol. The van der Waals surface area contributed by atoms with Crippen LogP contribution in [0.15, 0.2) is 42.5 Å². The van der Waals surface area contributed by atoms with Gasteiger partial charge in [-0.2, -0.15) is 0 Å². The van der Waals surface area contributed by atoms with Gasteiger partial charge in [0.1, 0.15) is 6.04 Å². The molecule has 1 amide bonds. The van der Waals surface area contributed by atoms with E-state index in [1.165, 1.54) is 4.31 Å². The standard InChI is InChI=1S/C22H28N2O5S/c1-6-19(24(30(5,27)28)20-14-15(3)8-9-16(20)4)21(25)23-18-12-10-17(11-13-18)22(26)29-7-2/h8-14,19H,6-7H2,1-5H3,(H,23,25)/t19-/m0/s1. The lowest BCUT2D eigenvalue weighted by atomic mass is 10.1. The van der Waals surface area contributed by atoms with E-state index in [-0.39, 0.29) is 13.0 Å². The first-order valence-electron chi connectivity index (χ1n) is 9.73. The van der Waals surface area contributed by atoms with E-state index in [1.54, 1.807) is 44.2 Å². The third-order valence-corrected chi connectivity index (χ3v) is 5.76. The number of ether oxygens (including phenoxy) is 1. The average Bonchev–Trinajstić information content (AvgIpc) is 2.67. The summed E-state index contributed by atoms with van der Waals surface area (Å²) < 4.78 is 31.4. The van der Waals surface area contributed by atoms with Gasteiger partial charge in [0.15, 0.2) is 0 Å². The van der Waals surface area contributed by atoms with Gasteiger partial charge in [0.05, 0.1) is 24.1 Å². The quantitative estimate of drug-likeness (QED) is 0.643. The Bertz CT molecular complexity index is 1020. The Balaban J connectivity index is 2.32. The summed E-state index contributed by atoms with van der Waals surface area (Å²) >= 11 is 0. The lowest BCUT2D eigenvalue weighted by Crippen LogP contribution is -2.47. The molecule has 30 heavy (non-hydrogen) atoms. The van der Waals surface area contributed by atoms with E-state index < -0.39 is 27.9 Å². The summed E-state index contributed by atoms with van der Waals surface area (Å²) in [6.45, 7) is 7.44. The number of carbonyl (C=O) groups excluding carboxylic acids is 2. The lowest BCUT2D eigenvalue weighted by Gasteiger charge is -2.31. The van der Waals surface area contributed by atoms with Crippen molar-refractivity contribution in [2.45, 2.75) is 40.2 Å². The highest BCUT2D eigenvalue weighted by atomic mass is 32.2. The highest BCUT2D eigenvalue weighted by molar-refractivity contribution is 7.92. The number of hydrogen-bond donors (Lipinski definition) is 1. The Kier molecular flexibility index (Phi) is 7.61. The van der Waals surface area contributed by atoms with Gasteiger partial charge in [-0.1, -0.05) is 19.1 Å². The minimum Gasteiger partial charge on any atom is -0.462 e. The van der Waals surface area contributed by atoms with Crippen LogP contribution < -0.4 is 9.62 Å². The van der Waals surface area contributed by atoms with Crippen LogP contribution in [0.25, 0.3) is 0 Å². The smallest absolute Gasteiger partial charge is 0.338 e. The van der Waals surface area contributed by atoms with Crippen LogP contribution in [-0.2, 0) is 19.6 Å². The van der Waals surface area contributed by atoms with Crippen molar-refractivity contribution in [1.82, 2.24) is 0 Å². The number of nitrogens with one attached hydrogen (secondary N) is 1. The highest BCUT2D eigenvalue weighted by Crippen LogP contribution is 2.28. The summed E-state index contributed by atoms with van der Waals surface area (Å²) in [6.07, 6.45) is 1.38. The second kappa shape index (κ2) is 9.75. The van der Waals surface area contributed by atoms with E-state index in [0.29, 0.717) is 16.9 Å². The second-order valence-corrected chi connectivity index (χ2v) is 8.92.